The Labute approximate surface area is 97.8 Å². The maximum absolute atomic E-state index is 12.3. The molecule has 0 bridgehead atoms. The number of carbonyl (C=O) groups excluding carboxylic acids is 1. The summed E-state index contributed by atoms with van der Waals surface area (Å²) in [4.78, 5) is 14.6. The molecule has 0 aromatic rings. The van der Waals surface area contributed by atoms with Crippen LogP contribution in [0.2, 0.25) is 0 Å². The zero-order chi connectivity index (χ0) is 11.4. The molecule has 2 aliphatic heterocycles. The number of hydrogen-bond donors (Lipinski definition) is 2. The quantitative estimate of drug-likeness (QED) is 0.701. The maximum atomic E-state index is 12.3. The maximum Gasteiger partial charge on any atom is 0.152 e. The number of Topliss-reactive ketones (excluding diaryl/α,β-unsaturated/α-hetero) is 1. The number of rotatable bonds is 3. The Morgan fingerprint density at radius 2 is 1.69 bits per heavy atom. The van der Waals surface area contributed by atoms with Crippen molar-refractivity contribution < 1.29 is 4.79 Å². The van der Waals surface area contributed by atoms with Gasteiger partial charge in [-0.15, -0.1) is 0 Å². The third-order valence-corrected chi connectivity index (χ3v) is 3.85. The number of piperazine rings is 1. The third-order valence-electron chi connectivity index (χ3n) is 3.85. The molecule has 0 aromatic carbocycles. The predicted molar refractivity (Wildman–Crippen MR) is 64.5 cm³/mol. The van der Waals surface area contributed by atoms with Gasteiger partial charge in [0.2, 0.25) is 0 Å². The van der Waals surface area contributed by atoms with Gasteiger partial charge in [-0.2, -0.15) is 0 Å². The molecular formula is C12H23N3O. The molecule has 2 N–H and O–H groups in total. The molecule has 0 aliphatic carbocycles. The van der Waals surface area contributed by atoms with Gasteiger partial charge >= 0.3 is 0 Å². The number of nitrogens with zero attached hydrogens (tertiary/aromatic N) is 1. The van der Waals surface area contributed by atoms with Gasteiger partial charge in [-0.25, -0.2) is 0 Å². The normalized spacial score (nSPS) is 26.6. The molecule has 4 nitrogen and oxygen atoms in total. The fourth-order valence-electron chi connectivity index (χ4n) is 2.70. The van der Waals surface area contributed by atoms with Crippen LogP contribution in [0.25, 0.3) is 0 Å². The number of nitrogens with one attached hydrogen (secondary N) is 2. The van der Waals surface area contributed by atoms with Crippen LogP contribution in [-0.2, 0) is 4.79 Å². The van der Waals surface area contributed by atoms with Crippen molar-refractivity contribution >= 4 is 5.78 Å². The Morgan fingerprint density at radius 3 is 2.31 bits per heavy atom. The lowest BCUT2D eigenvalue weighted by Crippen LogP contribution is -2.51. The molecule has 0 radical (unpaired) electrons. The molecule has 0 aromatic heterocycles. The van der Waals surface area contributed by atoms with Gasteiger partial charge in [0.25, 0.3) is 0 Å². The lowest BCUT2D eigenvalue weighted by Gasteiger charge is -2.34. The van der Waals surface area contributed by atoms with E-state index in [-0.39, 0.29) is 6.04 Å². The standard InChI is InChI=1S/C12H23N3O/c1-10(15-8-6-14-7-9-15)12(16)11-2-4-13-5-3-11/h10-11,13-14H,2-9H2,1H3. The molecule has 92 valence electrons. The van der Waals surface area contributed by atoms with Gasteiger partial charge in [0.05, 0.1) is 6.04 Å². The molecule has 2 aliphatic rings. The van der Waals surface area contributed by atoms with Crippen molar-refractivity contribution in [1.29, 1.82) is 0 Å². The lowest BCUT2D eigenvalue weighted by atomic mass is 9.89. The van der Waals surface area contributed by atoms with Crippen LogP contribution in [0.15, 0.2) is 0 Å². The highest BCUT2D eigenvalue weighted by Crippen LogP contribution is 2.17. The van der Waals surface area contributed by atoms with Crippen molar-refractivity contribution in [2.24, 2.45) is 5.92 Å². The minimum atomic E-state index is 0.116. The van der Waals surface area contributed by atoms with Crippen LogP contribution < -0.4 is 10.6 Å². The number of carbonyl (C=O) groups is 1. The highest BCUT2D eigenvalue weighted by Gasteiger charge is 2.29. The van der Waals surface area contributed by atoms with Crippen molar-refractivity contribution in [3.63, 3.8) is 0 Å². The first-order valence-corrected chi connectivity index (χ1v) is 6.48. The van der Waals surface area contributed by atoms with Gasteiger partial charge in [0.15, 0.2) is 5.78 Å². The van der Waals surface area contributed by atoms with E-state index in [0.717, 1.165) is 52.1 Å². The molecule has 0 saturated carbocycles. The summed E-state index contributed by atoms with van der Waals surface area (Å²) in [6, 6.07) is 0.116. The van der Waals surface area contributed by atoms with Gasteiger partial charge in [-0.1, -0.05) is 0 Å². The highest BCUT2D eigenvalue weighted by atomic mass is 16.1. The summed E-state index contributed by atoms with van der Waals surface area (Å²) in [6.07, 6.45) is 2.05. The van der Waals surface area contributed by atoms with Gasteiger partial charge in [0.1, 0.15) is 0 Å². The van der Waals surface area contributed by atoms with Gasteiger partial charge < -0.3 is 10.6 Å². The predicted octanol–water partition coefficient (Wildman–Crippen LogP) is -0.151. The Kier molecular flexibility index (Phi) is 4.32. The molecule has 2 saturated heterocycles. The summed E-state index contributed by atoms with van der Waals surface area (Å²) in [5, 5.41) is 6.64. The van der Waals surface area contributed by atoms with E-state index in [1.807, 2.05) is 0 Å². The summed E-state index contributed by atoms with van der Waals surface area (Å²) in [6.45, 7) is 8.15. The first-order valence-electron chi connectivity index (χ1n) is 6.48. The summed E-state index contributed by atoms with van der Waals surface area (Å²) in [5.41, 5.74) is 0. The van der Waals surface area contributed by atoms with E-state index in [4.69, 9.17) is 0 Å². The molecule has 2 rings (SSSR count). The average molecular weight is 225 g/mol. The summed E-state index contributed by atoms with van der Waals surface area (Å²) in [5.74, 6) is 0.759. The average Bonchev–Trinajstić information content (AvgIpc) is 2.39. The topological polar surface area (TPSA) is 44.4 Å². The molecule has 16 heavy (non-hydrogen) atoms. The van der Waals surface area contributed by atoms with Gasteiger partial charge in [-0.3, -0.25) is 9.69 Å². The van der Waals surface area contributed by atoms with Crippen LogP contribution in [-0.4, -0.2) is 56.0 Å². The monoisotopic (exact) mass is 225 g/mol. The zero-order valence-electron chi connectivity index (χ0n) is 10.2. The number of piperidine rings is 1. The smallest absolute Gasteiger partial charge is 0.152 e. The second kappa shape index (κ2) is 5.75. The molecule has 0 spiro atoms. The summed E-state index contributed by atoms with van der Waals surface area (Å²) in [7, 11) is 0. The first kappa shape index (κ1) is 12.0. The van der Waals surface area contributed by atoms with Crippen molar-refractivity contribution in [2.45, 2.75) is 25.8 Å². The second-order valence-corrected chi connectivity index (χ2v) is 4.89. The SMILES string of the molecule is CC(C(=O)C1CCNCC1)N1CCNCC1. The number of ketones is 1. The van der Waals surface area contributed by atoms with E-state index in [1.54, 1.807) is 0 Å². The fourth-order valence-corrected chi connectivity index (χ4v) is 2.70. The molecule has 2 fully saturated rings. The molecule has 1 atom stereocenters. The Balaban J connectivity index is 1.86. The Hall–Kier alpha value is -0.450. The van der Waals surface area contributed by atoms with Crippen LogP contribution in [0.4, 0.5) is 0 Å². The summed E-state index contributed by atoms with van der Waals surface area (Å²) >= 11 is 0. The van der Waals surface area contributed by atoms with Crippen LogP contribution in [0.5, 0.6) is 0 Å². The molecule has 0 amide bonds. The molecule has 2 heterocycles. The molecular weight excluding hydrogens is 202 g/mol. The van der Waals surface area contributed by atoms with Crippen molar-refractivity contribution in [2.75, 3.05) is 39.3 Å². The van der Waals surface area contributed by atoms with E-state index in [1.165, 1.54) is 0 Å². The van der Waals surface area contributed by atoms with Crippen LogP contribution >= 0.6 is 0 Å². The van der Waals surface area contributed by atoms with Gasteiger partial charge in [0, 0.05) is 32.1 Å². The van der Waals surface area contributed by atoms with E-state index in [2.05, 4.69) is 22.5 Å². The Morgan fingerprint density at radius 1 is 1.12 bits per heavy atom. The van der Waals surface area contributed by atoms with E-state index >= 15 is 0 Å². The third kappa shape index (κ3) is 2.81. The van der Waals surface area contributed by atoms with Crippen LogP contribution in [0.3, 0.4) is 0 Å². The van der Waals surface area contributed by atoms with Crippen LogP contribution in [0.1, 0.15) is 19.8 Å². The van der Waals surface area contributed by atoms with E-state index < -0.39 is 0 Å². The second-order valence-electron chi connectivity index (χ2n) is 4.89. The highest BCUT2D eigenvalue weighted by molar-refractivity contribution is 5.86. The minimum Gasteiger partial charge on any atom is -0.317 e. The first-order chi connectivity index (χ1) is 7.79. The van der Waals surface area contributed by atoms with Crippen LogP contribution in [0, 0.1) is 5.92 Å². The fraction of sp³-hybridized carbons (Fsp3) is 0.917. The van der Waals surface area contributed by atoms with E-state index in [0.29, 0.717) is 11.7 Å². The van der Waals surface area contributed by atoms with Crippen molar-refractivity contribution in [1.82, 2.24) is 15.5 Å². The lowest BCUT2D eigenvalue weighted by molar-refractivity contribution is -0.128. The minimum absolute atomic E-state index is 0.116. The Bertz CT molecular complexity index is 232. The number of hydrogen-bond acceptors (Lipinski definition) is 4. The molecule has 4 heteroatoms. The molecule has 1 unspecified atom stereocenters. The van der Waals surface area contributed by atoms with Crippen molar-refractivity contribution in [3.05, 3.63) is 0 Å². The van der Waals surface area contributed by atoms with E-state index in [9.17, 15) is 4.79 Å². The van der Waals surface area contributed by atoms with Crippen molar-refractivity contribution in [3.8, 4) is 0 Å². The zero-order valence-corrected chi connectivity index (χ0v) is 10.2. The van der Waals surface area contributed by atoms with Gasteiger partial charge in [-0.05, 0) is 32.9 Å². The largest absolute Gasteiger partial charge is 0.317 e. The summed E-state index contributed by atoms with van der Waals surface area (Å²) < 4.78 is 0.